The van der Waals surface area contributed by atoms with Crippen molar-refractivity contribution in [3.63, 3.8) is 0 Å². The molecule has 2 aliphatic carbocycles. The van der Waals surface area contributed by atoms with Crippen LogP contribution in [0.2, 0.25) is 0 Å². The lowest BCUT2D eigenvalue weighted by molar-refractivity contribution is -0.124. The summed E-state index contributed by atoms with van der Waals surface area (Å²) in [5.74, 6) is 0.119. The third kappa shape index (κ3) is 0.900. The Kier molecular flexibility index (Phi) is 1.72. The SMILES string of the molecule is C=C1c2ccoc2C(=O)[C@@]2(C)C(=O)CC[C@@]12C. The third-order valence-corrected chi connectivity index (χ3v) is 4.83. The number of hydrogen-bond donors (Lipinski definition) is 0. The van der Waals surface area contributed by atoms with Crippen LogP contribution >= 0.6 is 0 Å². The summed E-state index contributed by atoms with van der Waals surface area (Å²) in [6.45, 7) is 7.80. The Morgan fingerprint density at radius 1 is 1.35 bits per heavy atom. The van der Waals surface area contributed by atoms with E-state index in [4.69, 9.17) is 4.42 Å². The van der Waals surface area contributed by atoms with E-state index in [-0.39, 0.29) is 11.6 Å². The zero-order valence-electron chi connectivity index (χ0n) is 10.0. The molecule has 1 saturated carbocycles. The first-order valence-electron chi connectivity index (χ1n) is 5.78. The van der Waals surface area contributed by atoms with Crippen molar-refractivity contribution in [2.75, 3.05) is 0 Å². The van der Waals surface area contributed by atoms with Gasteiger partial charge in [0.15, 0.2) is 5.76 Å². The Morgan fingerprint density at radius 3 is 2.76 bits per heavy atom. The first-order valence-corrected chi connectivity index (χ1v) is 5.78. The average Bonchev–Trinajstić information content (AvgIpc) is 2.87. The fourth-order valence-corrected chi connectivity index (χ4v) is 3.25. The van der Waals surface area contributed by atoms with Crippen LogP contribution in [0.1, 0.15) is 42.8 Å². The molecule has 0 aromatic carbocycles. The third-order valence-electron chi connectivity index (χ3n) is 4.83. The Hall–Kier alpha value is -1.64. The molecule has 17 heavy (non-hydrogen) atoms. The standard InChI is InChI=1S/C14H14O3/c1-8-9-5-7-17-11(9)12(16)14(3)10(15)4-6-13(8,14)2/h5,7H,1,4,6H2,2-3H3/t13-,14+/m0/s1. The number of carbonyl (C=O) groups is 2. The molecular weight excluding hydrogens is 216 g/mol. The van der Waals surface area contributed by atoms with E-state index in [0.717, 1.165) is 11.1 Å². The molecule has 2 atom stereocenters. The summed E-state index contributed by atoms with van der Waals surface area (Å²) in [7, 11) is 0. The minimum Gasteiger partial charge on any atom is -0.461 e. The highest BCUT2D eigenvalue weighted by Gasteiger charge is 2.64. The predicted molar refractivity (Wildman–Crippen MR) is 62.5 cm³/mol. The molecule has 3 nitrogen and oxygen atoms in total. The molecule has 3 heteroatoms. The van der Waals surface area contributed by atoms with Crippen molar-refractivity contribution < 1.29 is 14.0 Å². The minimum atomic E-state index is -0.991. The molecule has 2 aliphatic rings. The van der Waals surface area contributed by atoms with E-state index >= 15 is 0 Å². The maximum atomic E-state index is 12.5. The van der Waals surface area contributed by atoms with E-state index < -0.39 is 10.8 Å². The molecule has 0 amide bonds. The molecule has 0 spiro atoms. The molecule has 88 valence electrons. The summed E-state index contributed by atoms with van der Waals surface area (Å²) in [5.41, 5.74) is 0.173. The van der Waals surface area contributed by atoms with Gasteiger partial charge in [-0.2, -0.15) is 0 Å². The quantitative estimate of drug-likeness (QED) is 0.644. The van der Waals surface area contributed by atoms with Gasteiger partial charge in [-0.1, -0.05) is 13.5 Å². The van der Waals surface area contributed by atoms with E-state index in [1.807, 2.05) is 6.92 Å². The summed E-state index contributed by atoms with van der Waals surface area (Å²) in [5, 5.41) is 0. The number of hydrogen-bond acceptors (Lipinski definition) is 3. The van der Waals surface area contributed by atoms with Crippen molar-refractivity contribution in [1.29, 1.82) is 0 Å². The minimum absolute atomic E-state index is 0.00759. The number of furan rings is 1. The smallest absolute Gasteiger partial charge is 0.212 e. The van der Waals surface area contributed by atoms with E-state index in [1.54, 1.807) is 13.0 Å². The lowest BCUT2D eigenvalue weighted by Crippen LogP contribution is -2.47. The second-order valence-electron chi connectivity index (χ2n) is 5.35. The van der Waals surface area contributed by atoms with Gasteiger partial charge in [0.05, 0.1) is 6.26 Å². The van der Waals surface area contributed by atoms with Gasteiger partial charge >= 0.3 is 0 Å². The summed E-state index contributed by atoms with van der Waals surface area (Å²) in [6.07, 6.45) is 2.63. The zero-order valence-corrected chi connectivity index (χ0v) is 10.0. The summed E-state index contributed by atoms with van der Waals surface area (Å²) >= 11 is 0. The van der Waals surface area contributed by atoms with E-state index in [9.17, 15) is 9.59 Å². The summed E-state index contributed by atoms with van der Waals surface area (Å²) in [4.78, 5) is 24.6. The maximum absolute atomic E-state index is 12.5. The van der Waals surface area contributed by atoms with Gasteiger partial charge in [-0.05, 0) is 25.0 Å². The van der Waals surface area contributed by atoms with Crippen LogP contribution in [0.3, 0.4) is 0 Å². The predicted octanol–water partition coefficient (Wildman–Crippen LogP) is 2.86. The molecule has 0 aliphatic heterocycles. The molecule has 3 rings (SSSR count). The average molecular weight is 230 g/mol. The number of Topliss-reactive ketones (excluding diaryl/α,β-unsaturated/α-hetero) is 2. The number of fused-ring (bicyclic) bond motifs is 2. The van der Waals surface area contributed by atoms with Crippen molar-refractivity contribution in [2.24, 2.45) is 10.8 Å². The van der Waals surface area contributed by atoms with Gasteiger partial charge in [-0.3, -0.25) is 9.59 Å². The lowest BCUT2D eigenvalue weighted by Gasteiger charge is -2.42. The first kappa shape index (κ1) is 10.5. The van der Waals surface area contributed by atoms with Gasteiger partial charge in [0.2, 0.25) is 5.78 Å². The number of carbonyl (C=O) groups excluding carboxylic acids is 2. The van der Waals surface area contributed by atoms with Crippen molar-refractivity contribution in [3.8, 4) is 0 Å². The van der Waals surface area contributed by atoms with Crippen LogP contribution in [0.5, 0.6) is 0 Å². The molecule has 1 heterocycles. The van der Waals surface area contributed by atoms with Crippen molar-refractivity contribution in [2.45, 2.75) is 26.7 Å². The van der Waals surface area contributed by atoms with Crippen LogP contribution < -0.4 is 0 Å². The molecule has 0 unspecified atom stereocenters. The molecule has 1 fully saturated rings. The first-order chi connectivity index (χ1) is 7.93. The van der Waals surface area contributed by atoms with E-state index in [0.29, 0.717) is 18.6 Å². The fourth-order valence-electron chi connectivity index (χ4n) is 3.25. The molecular formula is C14H14O3. The molecule has 1 aromatic rings. The number of allylic oxidation sites excluding steroid dienone is 1. The molecule has 0 bridgehead atoms. The van der Waals surface area contributed by atoms with Crippen molar-refractivity contribution in [1.82, 2.24) is 0 Å². The molecule has 0 N–H and O–H groups in total. The second-order valence-corrected chi connectivity index (χ2v) is 5.35. The van der Waals surface area contributed by atoms with Gasteiger partial charge in [0.25, 0.3) is 0 Å². The second kappa shape index (κ2) is 2.78. The number of ketones is 2. The van der Waals surface area contributed by atoms with Crippen molar-refractivity contribution in [3.05, 3.63) is 30.2 Å². The number of rotatable bonds is 0. The topological polar surface area (TPSA) is 47.3 Å². The van der Waals surface area contributed by atoms with Crippen LogP contribution in [0.25, 0.3) is 5.57 Å². The Balaban J connectivity index is 2.35. The van der Waals surface area contributed by atoms with E-state index in [2.05, 4.69) is 6.58 Å². The van der Waals surface area contributed by atoms with Gasteiger partial charge in [0, 0.05) is 17.4 Å². The van der Waals surface area contributed by atoms with Crippen molar-refractivity contribution >= 4 is 17.1 Å². The largest absolute Gasteiger partial charge is 0.461 e. The van der Waals surface area contributed by atoms with Crippen LogP contribution in [-0.4, -0.2) is 11.6 Å². The Labute approximate surface area is 99.5 Å². The van der Waals surface area contributed by atoms with E-state index in [1.165, 1.54) is 6.26 Å². The normalized spacial score (nSPS) is 36.0. The van der Waals surface area contributed by atoms with Crippen LogP contribution in [0.15, 0.2) is 23.3 Å². The van der Waals surface area contributed by atoms with Crippen LogP contribution in [0, 0.1) is 10.8 Å². The maximum Gasteiger partial charge on any atom is 0.212 e. The summed E-state index contributed by atoms with van der Waals surface area (Å²) < 4.78 is 5.24. The monoisotopic (exact) mass is 230 g/mol. The fraction of sp³-hybridized carbons (Fsp3) is 0.429. The van der Waals surface area contributed by atoms with Crippen LogP contribution in [-0.2, 0) is 4.79 Å². The lowest BCUT2D eigenvalue weighted by atomic mass is 9.57. The molecule has 1 aromatic heterocycles. The molecule has 0 radical (unpaired) electrons. The van der Waals surface area contributed by atoms with Crippen LogP contribution in [0.4, 0.5) is 0 Å². The highest BCUT2D eigenvalue weighted by molar-refractivity contribution is 6.20. The van der Waals surface area contributed by atoms with Gasteiger partial charge in [-0.25, -0.2) is 0 Å². The Bertz CT molecular complexity index is 566. The summed E-state index contributed by atoms with van der Waals surface area (Å²) in [6, 6.07) is 1.77. The van der Waals surface area contributed by atoms with Gasteiger partial charge < -0.3 is 4.42 Å². The van der Waals surface area contributed by atoms with Gasteiger partial charge in [-0.15, -0.1) is 0 Å². The Morgan fingerprint density at radius 2 is 2.06 bits per heavy atom. The highest BCUT2D eigenvalue weighted by atomic mass is 16.3. The molecule has 0 saturated heterocycles. The van der Waals surface area contributed by atoms with Gasteiger partial charge in [0.1, 0.15) is 11.2 Å². The highest BCUT2D eigenvalue weighted by Crippen LogP contribution is 2.61. The zero-order chi connectivity index (χ0) is 12.4.